The number of nitrogens with zero attached hydrogens (tertiary/aromatic N) is 3. The second-order valence-electron chi connectivity index (χ2n) is 8.76. The second kappa shape index (κ2) is 10.9. The van der Waals surface area contributed by atoms with Gasteiger partial charge in [-0.2, -0.15) is 5.10 Å². The van der Waals surface area contributed by atoms with Crippen molar-refractivity contribution in [3.63, 3.8) is 0 Å². The Kier molecular flexibility index (Phi) is 7.65. The van der Waals surface area contributed by atoms with Gasteiger partial charge in [0.25, 0.3) is 5.91 Å². The van der Waals surface area contributed by atoms with Crippen LogP contribution < -0.4 is 9.47 Å². The lowest BCUT2D eigenvalue weighted by Gasteiger charge is -2.19. The van der Waals surface area contributed by atoms with Crippen LogP contribution in [0, 0.1) is 13.8 Å². The van der Waals surface area contributed by atoms with Gasteiger partial charge in [-0.1, -0.05) is 53.6 Å². The first-order valence-corrected chi connectivity index (χ1v) is 12.1. The summed E-state index contributed by atoms with van der Waals surface area (Å²) in [7, 11) is 5.03. The highest BCUT2D eigenvalue weighted by molar-refractivity contribution is 6.33. The predicted molar refractivity (Wildman–Crippen MR) is 144 cm³/mol. The Bertz CT molecular complexity index is 1400. The molecule has 0 aliphatic carbocycles. The van der Waals surface area contributed by atoms with E-state index in [1.165, 1.54) is 0 Å². The largest absolute Gasteiger partial charge is 0.493 e. The topological polar surface area (TPSA) is 56.6 Å². The maximum Gasteiger partial charge on any atom is 0.272 e. The number of halogens is 1. The van der Waals surface area contributed by atoms with Crippen molar-refractivity contribution >= 4 is 17.5 Å². The lowest BCUT2D eigenvalue weighted by atomic mass is 10.1. The van der Waals surface area contributed by atoms with Crippen LogP contribution in [0.25, 0.3) is 16.9 Å². The molecule has 1 amide bonds. The molecule has 0 atom stereocenters. The minimum atomic E-state index is -0.124. The summed E-state index contributed by atoms with van der Waals surface area (Å²) in [5, 5.41) is 5.41. The van der Waals surface area contributed by atoms with Gasteiger partial charge in [0, 0.05) is 19.2 Å². The smallest absolute Gasteiger partial charge is 0.272 e. The molecule has 0 saturated heterocycles. The molecule has 36 heavy (non-hydrogen) atoms. The van der Waals surface area contributed by atoms with Crippen LogP contribution in [-0.4, -0.2) is 48.4 Å². The van der Waals surface area contributed by atoms with Gasteiger partial charge in [0.05, 0.1) is 30.6 Å². The fourth-order valence-corrected chi connectivity index (χ4v) is 4.42. The molecule has 1 heterocycles. The number of rotatable bonds is 8. The molecule has 0 aliphatic rings. The molecule has 0 bridgehead atoms. The lowest BCUT2D eigenvalue weighted by molar-refractivity contribution is 0.0787. The highest BCUT2D eigenvalue weighted by Gasteiger charge is 2.22. The average Bonchev–Trinajstić information content (AvgIpc) is 3.31. The molecule has 0 N–H and O–H groups in total. The Morgan fingerprint density at radius 3 is 2.42 bits per heavy atom. The minimum Gasteiger partial charge on any atom is -0.493 e. The van der Waals surface area contributed by atoms with Crippen molar-refractivity contribution < 1.29 is 14.3 Å². The van der Waals surface area contributed by atoms with Gasteiger partial charge in [0.2, 0.25) is 0 Å². The standard InChI is InChI=1S/C29H30ClN3O3/c1-19-10-12-25(20(2)16-19)33-26(18-24(31-33)22-8-6-7-9-23(22)30)29(34)32(3)15-14-21-11-13-27(35-4)28(17-21)36-5/h6-13,16-18H,14-15H2,1-5H3. The van der Waals surface area contributed by atoms with E-state index >= 15 is 0 Å². The third kappa shape index (κ3) is 5.24. The number of carbonyl (C=O) groups excluding carboxylic acids is 1. The van der Waals surface area contributed by atoms with Crippen LogP contribution in [0.2, 0.25) is 5.02 Å². The Morgan fingerprint density at radius 1 is 0.972 bits per heavy atom. The molecule has 4 rings (SSSR count). The molecule has 1 aromatic heterocycles. The molecular weight excluding hydrogens is 474 g/mol. The third-order valence-electron chi connectivity index (χ3n) is 6.19. The van der Waals surface area contributed by atoms with Gasteiger partial charge in [-0.3, -0.25) is 4.79 Å². The number of aromatic nitrogens is 2. The Morgan fingerprint density at radius 2 is 1.72 bits per heavy atom. The summed E-state index contributed by atoms with van der Waals surface area (Å²) in [5.41, 5.74) is 6.00. The number of methoxy groups -OCH3 is 2. The van der Waals surface area contributed by atoms with Crippen molar-refractivity contribution in [1.82, 2.24) is 14.7 Å². The van der Waals surface area contributed by atoms with Crippen molar-refractivity contribution in [2.24, 2.45) is 0 Å². The van der Waals surface area contributed by atoms with E-state index in [1.54, 1.807) is 30.8 Å². The SMILES string of the molecule is COc1ccc(CCN(C)C(=O)c2cc(-c3ccccc3Cl)nn2-c2ccc(C)cc2C)cc1OC. The van der Waals surface area contributed by atoms with Gasteiger partial charge in [0.15, 0.2) is 11.5 Å². The van der Waals surface area contributed by atoms with Crippen LogP contribution in [0.4, 0.5) is 0 Å². The van der Waals surface area contributed by atoms with Gasteiger partial charge in [-0.05, 0) is 61.7 Å². The van der Waals surface area contributed by atoms with Crippen molar-refractivity contribution in [3.8, 4) is 28.4 Å². The van der Waals surface area contributed by atoms with Crippen molar-refractivity contribution in [2.45, 2.75) is 20.3 Å². The summed E-state index contributed by atoms with van der Waals surface area (Å²) in [6, 6.07) is 21.2. The van der Waals surface area contributed by atoms with E-state index in [9.17, 15) is 4.79 Å². The molecule has 0 fully saturated rings. The molecule has 3 aromatic carbocycles. The number of hydrogen-bond acceptors (Lipinski definition) is 4. The number of amides is 1. The number of ether oxygens (including phenoxy) is 2. The third-order valence-corrected chi connectivity index (χ3v) is 6.52. The number of likely N-dealkylation sites (N-methyl/N-ethyl adjacent to an activating group) is 1. The molecular formula is C29H30ClN3O3. The van der Waals surface area contributed by atoms with Crippen LogP contribution >= 0.6 is 11.6 Å². The zero-order valence-corrected chi connectivity index (χ0v) is 22.0. The first kappa shape index (κ1) is 25.3. The van der Waals surface area contributed by atoms with Gasteiger partial charge in [-0.15, -0.1) is 0 Å². The predicted octanol–water partition coefficient (Wildman–Crippen LogP) is 6.14. The van der Waals surface area contributed by atoms with Gasteiger partial charge in [-0.25, -0.2) is 4.68 Å². The molecule has 6 nitrogen and oxygen atoms in total. The van der Waals surface area contributed by atoms with E-state index in [0.29, 0.717) is 40.9 Å². The Balaban J connectivity index is 1.66. The van der Waals surface area contributed by atoms with Crippen LogP contribution in [0.1, 0.15) is 27.2 Å². The van der Waals surface area contributed by atoms with Crippen LogP contribution in [0.3, 0.4) is 0 Å². The van der Waals surface area contributed by atoms with E-state index < -0.39 is 0 Å². The molecule has 4 aromatic rings. The molecule has 7 heteroatoms. The van der Waals surface area contributed by atoms with E-state index in [4.69, 9.17) is 26.2 Å². The van der Waals surface area contributed by atoms with E-state index in [1.807, 2.05) is 74.5 Å². The summed E-state index contributed by atoms with van der Waals surface area (Å²) in [4.78, 5) is 15.4. The molecule has 0 radical (unpaired) electrons. The van der Waals surface area contributed by atoms with Gasteiger partial charge < -0.3 is 14.4 Å². The minimum absolute atomic E-state index is 0.124. The monoisotopic (exact) mass is 503 g/mol. The zero-order chi connectivity index (χ0) is 25.8. The summed E-state index contributed by atoms with van der Waals surface area (Å²) in [6.45, 7) is 4.59. The fourth-order valence-electron chi connectivity index (χ4n) is 4.19. The Labute approximate surface area is 217 Å². The van der Waals surface area contributed by atoms with Crippen molar-refractivity contribution in [1.29, 1.82) is 0 Å². The summed E-state index contributed by atoms with van der Waals surface area (Å²) in [6.07, 6.45) is 0.664. The highest BCUT2D eigenvalue weighted by Crippen LogP contribution is 2.30. The van der Waals surface area contributed by atoms with E-state index in [-0.39, 0.29) is 5.91 Å². The molecule has 0 saturated carbocycles. The van der Waals surface area contributed by atoms with Crippen molar-refractivity contribution in [3.05, 3.63) is 94.1 Å². The van der Waals surface area contributed by atoms with Crippen LogP contribution in [-0.2, 0) is 6.42 Å². The quantitative estimate of drug-likeness (QED) is 0.290. The molecule has 186 valence electrons. The van der Waals surface area contributed by atoms with Gasteiger partial charge >= 0.3 is 0 Å². The molecule has 0 unspecified atom stereocenters. The highest BCUT2D eigenvalue weighted by atomic mass is 35.5. The Hall–Kier alpha value is -3.77. The first-order chi connectivity index (χ1) is 17.3. The first-order valence-electron chi connectivity index (χ1n) is 11.7. The fraction of sp³-hybridized carbons (Fsp3) is 0.241. The van der Waals surface area contributed by atoms with Crippen LogP contribution in [0.5, 0.6) is 11.5 Å². The zero-order valence-electron chi connectivity index (χ0n) is 21.2. The summed E-state index contributed by atoms with van der Waals surface area (Å²) >= 11 is 6.46. The second-order valence-corrected chi connectivity index (χ2v) is 9.17. The van der Waals surface area contributed by atoms with Crippen molar-refractivity contribution in [2.75, 3.05) is 27.8 Å². The van der Waals surface area contributed by atoms with E-state index in [0.717, 1.165) is 27.9 Å². The number of benzene rings is 3. The maximum atomic E-state index is 13.7. The maximum absolute atomic E-state index is 13.7. The number of carbonyl (C=O) groups is 1. The summed E-state index contributed by atoms with van der Waals surface area (Å²) < 4.78 is 12.5. The summed E-state index contributed by atoms with van der Waals surface area (Å²) in [5.74, 6) is 1.22. The number of hydrogen-bond donors (Lipinski definition) is 0. The number of aryl methyl sites for hydroxylation is 2. The normalized spacial score (nSPS) is 10.8. The van der Waals surface area contributed by atoms with E-state index in [2.05, 4.69) is 6.07 Å². The average molecular weight is 504 g/mol. The van der Waals surface area contributed by atoms with Crippen LogP contribution in [0.15, 0.2) is 66.7 Å². The molecule has 0 spiro atoms. The lowest BCUT2D eigenvalue weighted by Crippen LogP contribution is -2.30. The van der Waals surface area contributed by atoms with Gasteiger partial charge in [0.1, 0.15) is 5.69 Å². The molecule has 0 aliphatic heterocycles.